The summed E-state index contributed by atoms with van der Waals surface area (Å²) in [5.74, 6) is -2.32. The molecule has 10 nitrogen and oxygen atoms in total. The first-order chi connectivity index (χ1) is 16.2. The molecule has 0 spiro atoms. The largest absolute Gasteiger partial charge is 0.465 e. The van der Waals surface area contributed by atoms with Gasteiger partial charge in [-0.05, 0) is 36.4 Å². The average Bonchev–Trinajstić information content (AvgIpc) is 2.84. The molecule has 0 atom stereocenters. The van der Waals surface area contributed by atoms with Crippen molar-refractivity contribution >= 4 is 52.2 Å². The van der Waals surface area contributed by atoms with Crippen molar-refractivity contribution in [2.75, 3.05) is 24.9 Å². The second-order valence-electron chi connectivity index (χ2n) is 6.84. The number of methoxy groups -OCH3 is 2. The summed E-state index contributed by atoms with van der Waals surface area (Å²) in [7, 11) is 2.34. The fourth-order valence-electron chi connectivity index (χ4n) is 3.24. The Bertz CT molecular complexity index is 1310. The number of ether oxygens (including phenoxy) is 2. The molecule has 11 heteroatoms. The van der Waals surface area contributed by atoms with E-state index in [1.54, 1.807) is 0 Å². The van der Waals surface area contributed by atoms with Gasteiger partial charge in [0.2, 0.25) is 0 Å². The van der Waals surface area contributed by atoms with Gasteiger partial charge in [-0.1, -0.05) is 23.7 Å². The number of halogens is 1. The zero-order chi connectivity index (χ0) is 25.0. The molecule has 0 unspecified atom stereocenters. The highest BCUT2D eigenvalue weighted by atomic mass is 35.5. The van der Waals surface area contributed by atoms with E-state index in [1.807, 2.05) is 0 Å². The van der Waals surface area contributed by atoms with Gasteiger partial charge in [0.15, 0.2) is 0 Å². The number of non-ortho nitro benzene ring substituents is 1. The maximum Gasteiger partial charge on any atom is 0.338 e. The van der Waals surface area contributed by atoms with Gasteiger partial charge in [-0.25, -0.2) is 9.59 Å². The summed E-state index contributed by atoms with van der Waals surface area (Å²) in [6.07, 6.45) is 0. The van der Waals surface area contributed by atoms with E-state index in [1.165, 1.54) is 61.7 Å². The predicted octanol–water partition coefficient (Wildman–Crippen LogP) is 4.38. The molecule has 0 fully saturated rings. The van der Waals surface area contributed by atoms with Crippen molar-refractivity contribution in [1.29, 1.82) is 0 Å². The molecule has 0 heterocycles. The van der Waals surface area contributed by atoms with E-state index in [4.69, 9.17) is 26.8 Å². The van der Waals surface area contributed by atoms with Crippen molar-refractivity contribution in [2.45, 2.75) is 0 Å². The van der Waals surface area contributed by atoms with Crippen molar-refractivity contribution < 1.29 is 28.8 Å². The smallest absolute Gasteiger partial charge is 0.338 e. The number of nitro groups is 1. The van der Waals surface area contributed by atoms with Gasteiger partial charge in [-0.3, -0.25) is 19.8 Å². The number of hydrogen-bond donors (Lipinski definition) is 1. The number of nitrogens with two attached hydrogens (primary N) is 1. The summed E-state index contributed by atoms with van der Waals surface area (Å²) in [6, 6.07) is 13.6. The van der Waals surface area contributed by atoms with Crippen LogP contribution < -0.4 is 10.6 Å². The summed E-state index contributed by atoms with van der Waals surface area (Å²) in [5.41, 5.74) is 5.51. The monoisotopic (exact) mass is 483 g/mol. The lowest BCUT2D eigenvalue weighted by molar-refractivity contribution is -0.384. The van der Waals surface area contributed by atoms with E-state index in [0.29, 0.717) is 0 Å². The van der Waals surface area contributed by atoms with Gasteiger partial charge in [0.25, 0.3) is 11.6 Å². The minimum Gasteiger partial charge on any atom is -0.465 e. The first-order valence-corrected chi connectivity index (χ1v) is 10.0. The first kappa shape index (κ1) is 24.2. The lowest BCUT2D eigenvalue weighted by Crippen LogP contribution is -2.29. The number of hydrogen-bond acceptors (Lipinski definition) is 8. The number of nitro benzene ring substituents is 1. The Hall–Kier alpha value is -4.44. The van der Waals surface area contributed by atoms with Crippen LogP contribution in [0, 0.1) is 10.1 Å². The number of carbonyl (C=O) groups excluding carboxylic acids is 3. The Morgan fingerprint density at radius 2 is 1.65 bits per heavy atom. The van der Waals surface area contributed by atoms with Crippen molar-refractivity contribution in [3.63, 3.8) is 0 Å². The van der Waals surface area contributed by atoms with E-state index in [0.717, 1.165) is 18.1 Å². The average molecular weight is 484 g/mol. The zero-order valence-corrected chi connectivity index (χ0v) is 18.7. The fourth-order valence-corrected chi connectivity index (χ4v) is 3.44. The zero-order valence-electron chi connectivity index (χ0n) is 18.0. The van der Waals surface area contributed by atoms with Crippen LogP contribution in [0.2, 0.25) is 5.02 Å². The van der Waals surface area contributed by atoms with E-state index >= 15 is 0 Å². The quantitative estimate of drug-likeness (QED) is 0.235. The molecule has 34 heavy (non-hydrogen) atoms. The Kier molecular flexibility index (Phi) is 7.12. The Labute approximate surface area is 198 Å². The predicted molar refractivity (Wildman–Crippen MR) is 125 cm³/mol. The molecule has 3 aromatic rings. The van der Waals surface area contributed by atoms with Gasteiger partial charge in [-0.2, -0.15) is 0 Å². The summed E-state index contributed by atoms with van der Waals surface area (Å²) in [5, 5.41) is 11.4. The highest BCUT2D eigenvalue weighted by Gasteiger charge is 2.30. The first-order valence-electron chi connectivity index (χ1n) is 9.63. The summed E-state index contributed by atoms with van der Waals surface area (Å²) in [4.78, 5) is 50.1. The van der Waals surface area contributed by atoms with Gasteiger partial charge in [0, 0.05) is 17.8 Å². The van der Waals surface area contributed by atoms with Crippen LogP contribution >= 0.6 is 11.6 Å². The number of esters is 2. The standard InChI is InChI=1S/C23H18ClN3O7/c1-33-22(29)13-5-3-6-14(11-13)26(19-12-15(27(31)32)9-10-17(19)24)21(28)20-16(23(30)34-2)7-4-8-18(20)25/h3-12H,25H2,1-2H3. The molecule has 3 rings (SSSR count). The van der Waals surface area contributed by atoms with E-state index in [-0.39, 0.29) is 44.5 Å². The normalized spacial score (nSPS) is 10.3. The molecule has 0 aromatic heterocycles. The number of carbonyl (C=O) groups is 3. The number of rotatable bonds is 6. The topological polar surface area (TPSA) is 142 Å². The van der Waals surface area contributed by atoms with Crippen molar-refractivity contribution in [3.8, 4) is 0 Å². The van der Waals surface area contributed by atoms with Crippen molar-refractivity contribution in [3.05, 3.63) is 92.5 Å². The summed E-state index contributed by atoms with van der Waals surface area (Å²) < 4.78 is 9.51. The van der Waals surface area contributed by atoms with Crippen molar-refractivity contribution in [1.82, 2.24) is 0 Å². The molecule has 174 valence electrons. The van der Waals surface area contributed by atoms with Crippen LogP contribution in [0.25, 0.3) is 0 Å². The Morgan fingerprint density at radius 3 is 2.29 bits per heavy atom. The number of nitrogen functional groups attached to an aromatic ring is 1. The summed E-state index contributed by atoms with van der Waals surface area (Å²) >= 11 is 6.35. The molecule has 1 amide bonds. The minimum absolute atomic E-state index is 0.00320. The maximum absolute atomic E-state index is 13.9. The third kappa shape index (κ3) is 4.66. The van der Waals surface area contributed by atoms with Gasteiger partial charge >= 0.3 is 11.9 Å². The summed E-state index contributed by atoms with van der Waals surface area (Å²) in [6.45, 7) is 0. The molecule has 0 aliphatic heterocycles. The Balaban J connectivity index is 2.32. The van der Waals surface area contributed by atoms with E-state index in [2.05, 4.69) is 0 Å². The molecule has 0 saturated heterocycles. The molecule has 0 bridgehead atoms. The highest BCUT2D eigenvalue weighted by Crippen LogP contribution is 2.37. The van der Waals surface area contributed by atoms with Crippen LogP contribution in [-0.2, 0) is 9.47 Å². The van der Waals surface area contributed by atoms with Gasteiger partial charge in [0.05, 0.1) is 52.2 Å². The lowest BCUT2D eigenvalue weighted by Gasteiger charge is -2.25. The third-order valence-electron chi connectivity index (χ3n) is 4.83. The molecule has 0 radical (unpaired) electrons. The number of anilines is 3. The molecular weight excluding hydrogens is 466 g/mol. The van der Waals surface area contributed by atoms with E-state index < -0.39 is 22.8 Å². The van der Waals surface area contributed by atoms with E-state index in [9.17, 15) is 24.5 Å². The minimum atomic E-state index is -0.831. The number of benzene rings is 3. The van der Waals surface area contributed by atoms with Crippen LogP contribution in [-0.4, -0.2) is 37.0 Å². The van der Waals surface area contributed by atoms with Crippen LogP contribution in [0.1, 0.15) is 31.1 Å². The third-order valence-corrected chi connectivity index (χ3v) is 5.15. The van der Waals surface area contributed by atoms with Crippen LogP contribution in [0.3, 0.4) is 0 Å². The molecule has 0 saturated carbocycles. The molecule has 2 N–H and O–H groups in total. The molecule has 3 aromatic carbocycles. The lowest BCUT2D eigenvalue weighted by atomic mass is 10.0. The Morgan fingerprint density at radius 1 is 0.971 bits per heavy atom. The fraction of sp³-hybridized carbons (Fsp3) is 0.0870. The molecule has 0 aliphatic carbocycles. The van der Waals surface area contributed by atoms with Crippen LogP contribution in [0.15, 0.2) is 60.7 Å². The maximum atomic E-state index is 13.9. The van der Waals surface area contributed by atoms with Crippen molar-refractivity contribution in [2.24, 2.45) is 0 Å². The second kappa shape index (κ2) is 10.0. The molecular formula is C23H18ClN3O7. The van der Waals surface area contributed by atoms with Gasteiger partial charge in [-0.15, -0.1) is 0 Å². The van der Waals surface area contributed by atoms with Gasteiger partial charge < -0.3 is 15.2 Å². The molecule has 0 aliphatic rings. The van der Waals surface area contributed by atoms with Crippen LogP contribution in [0.5, 0.6) is 0 Å². The SMILES string of the molecule is COC(=O)c1cccc(N(C(=O)c2c(N)cccc2C(=O)OC)c2cc([N+](=O)[O-])ccc2Cl)c1. The number of nitrogens with zero attached hydrogens (tertiary/aromatic N) is 2. The van der Waals surface area contributed by atoms with Crippen LogP contribution in [0.4, 0.5) is 22.7 Å². The number of amides is 1. The second-order valence-corrected chi connectivity index (χ2v) is 7.24. The van der Waals surface area contributed by atoms with Gasteiger partial charge in [0.1, 0.15) is 0 Å². The highest BCUT2D eigenvalue weighted by molar-refractivity contribution is 6.35.